The number of phenols is 1. The average Bonchev–Trinajstić information content (AvgIpc) is 2.35. The molecule has 2 rings (SSSR count). The number of aromatic hydroxyl groups is 1. The van der Waals surface area contributed by atoms with Crippen molar-refractivity contribution in [3.63, 3.8) is 0 Å². The van der Waals surface area contributed by atoms with E-state index in [1.807, 2.05) is 13.0 Å². The van der Waals surface area contributed by atoms with Gasteiger partial charge in [0.15, 0.2) is 0 Å². The first-order valence-electron chi connectivity index (χ1n) is 5.44. The number of amides is 2. The van der Waals surface area contributed by atoms with Crippen molar-refractivity contribution in [1.29, 1.82) is 0 Å². The monoisotopic (exact) mass is 243 g/mol. The summed E-state index contributed by atoms with van der Waals surface area (Å²) in [7, 11) is 0. The van der Waals surface area contributed by atoms with Crippen molar-refractivity contribution in [2.45, 2.75) is 6.92 Å². The summed E-state index contributed by atoms with van der Waals surface area (Å²) in [5.41, 5.74) is 1.36. The van der Waals surface area contributed by atoms with Crippen LogP contribution in [0.3, 0.4) is 0 Å². The minimum atomic E-state index is -0.451. The van der Waals surface area contributed by atoms with Crippen molar-refractivity contribution in [1.82, 2.24) is 4.98 Å². The van der Waals surface area contributed by atoms with Crippen LogP contribution < -0.4 is 10.6 Å². The van der Waals surface area contributed by atoms with Crippen molar-refractivity contribution < 1.29 is 9.90 Å². The van der Waals surface area contributed by atoms with E-state index in [0.29, 0.717) is 11.5 Å². The fourth-order valence-corrected chi connectivity index (χ4v) is 1.39. The Bertz CT molecular complexity index is 552. The molecule has 5 heteroatoms. The van der Waals surface area contributed by atoms with Crippen molar-refractivity contribution >= 4 is 17.5 Å². The van der Waals surface area contributed by atoms with Gasteiger partial charge in [0.05, 0.1) is 5.69 Å². The molecule has 92 valence electrons. The Balaban J connectivity index is 2.01. The van der Waals surface area contributed by atoms with Crippen LogP contribution in [0.15, 0.2) is 42.6 Å². The van der Waals surface area contributed by atoms with Crippen LogP contribution in [0.2, 0.25) is 0 Å². The van der Waals surface area contributed by atoms with E-state index < -0.39 is 6.03 Å². The highest BCUT2D eigenvalue weighted by molar-refractivity contribution is 6.00. The number of anilines is 2. The standard InChI is InChI=1S/C13H13N3O2/c1-9-6-7-12(14-8-9)16-13(18)15-10-4-2-3-5-11(10)17/h2-8,17H,1H3,(H2,14,15,16,18). The van der Waals surface area contributed by atoms with E-state index in [-0.39, 0.29) is 5.75 Å². The number of phenolic OH excluding ortho intramolecular Hbond substituents is 1. The lowest BCUT2D eigenvalue weighted by atomic mass is 10.3. The molecule has 1 aromatic heterocycles. The van der Waals surface area contributed by atoms with Gasteiger partial charge in [0.1, 0.15) is 11.6 Å². The van der Waals surface area contributed by atoms with Gasteiger partial charge in [-0.3, -0.25) is 5.32 Å². The lowest BCUT2D eigenvalue weighted by Gasteiger charge is -2.08. The summed E-state index contributed by atoms with van der Waals surface area (Å²) in [5.74, 6) is 0.470. The highest BCUT2D eigenvalue weighted by Gasteiger charge is 2.05. The van der Waals surface area contributed by atoms with E-state index in [0.717, 1.165) is 5.56 Å². The average molecular weight is 243 g/mol. The number of carbonyl (C=O) groups excluding carboxylic acids is 1. The minimum absolute atomic E-state index is 0.0181. The summed E-state index contributed by atoms with van der Waals surface area (Å²) in [6.45, 7) is 1.92. The molecule has 0 unspecified atom stereocenters. The summed E-state index contributed by atoms with van der Waals surface area (Å²) in [6, 6.07) is 9.62. The van der Waals surface area contributed by atoms with Gasteiger partial charge in [0.2, 0.25) is 0 Å². The molecule has 2 aromatic rings. The largest absolute Gasteiger partial charge is 0.506 e. The summed E-state index contributed by atoms with van der Waals surface area (Å²) in [5, 5.41) is 14.6. The third-order valence-corrected chi connectivity index (χ3v) is 2.31. The summed E-state index contributed by atoms with van der Waals surface area (Å²) in [4.78, 5) is 15.7. The number of urea groups is 1. The zero-order chi connectivity index (χ0) is 13.0. The second-order valence-electron chi connectivity index (χ2n) is 3.82. The molecule has 0 saturated heterocycles. The molecule has 1 heterocycles. The molecule has 0 bridgehead atoms. The third kappa shape index (κ3) is 2.98. The van der Waals surface area contributed by atoms with Gasteiger partial charge in [-0.15, -0.1) is 0 Å². The second-order valence-corrected chi connectivity index (χ2v) is 3.82. The normalized spacial score (nSPS) is 9.83. The van der Waals surface area contributed by atoms with E-state index in [4.69, 9.17) is 0 Å². The molecule has 1 aromatic carbocycles. The first-order chi connectivity index (χ1) is 8.65. The predicted molar refractivity (Wildman–Crippen MR) is 69.7 cm³/mol. The number of aryl methyl sites for hydroxylation is 1. The second kappa shape index (κ2) is 5.18. The number of aromatic nitrogens is 1. The number of para-hydroxylation sites is 2. The number of hydrogen-bond donors (Lipinski definition) is 3. The third-order valence-electron chi connectivity index (χ3n) is 2.31. The maximum absolute atomic E-state index is 11.6. The quantitative estimate of drug-likeness (QED) is 0.710. The van der Waals surface area contributed by atoms with E-state index in [1.54, 1.807) is 30.5 Å². The van der Waals surface area contributed by atoms with Crippen LogP contribution in [0.4, 0.5) is 16.3 Å². The highest BCUT2D eigenvalue weighted by atomic mass is 16.3. The molecule has 3 N–H and O–H groups in total. The van der Waals surface area contributed by atoms with Gasteiger partial charge in [0.25, 0.3) is 0 Å². The lowest BCUT2D eigenvalue weighted by Crippen LogP contribution is -2.20. The molecule has 5 nitrogen and oxygen atoms in total. The molecule has 0 aliphatic carbocycles. The fourth-order valence-electron chi connectivity index (χ4n) is 1.39. The van der Waals surface area contributed by atoms with E-state index >= 15 is 0 Å². The van der Waals surface area contributed by atoms with Gasteiger partial charge in [-0.05, 0) is 30.7 Å². The van der Waals surface area contributed by atoms with Gasteiger partial charge in [-0.1, -0.05) is 18.2 Å². The van der Waals surface area contributed by atoms with Crippen molar-refractivity contribution in [2.24, 2.45) is 0 Å². The lowest BCUT2D eigenvalue weighted by molar-refractivity contribution is 0.262. The van der Waals surface area contributed by atoms with Gasteiger partial charge in [0, 0.05) is 6.20 Å². The van der Waals surface area contributed by atoms with Crippen LogP contribution >= 0.6 is 0 Å². The Hall–Kier alpha value is -2.56. The number of carbonyl (C=O) groups is 1. The van der Waals surface area contributed by atoms with Crippen LogP contribution in [0.5, 0.6) is 5.75 Å². The molecule has 18 heavy (non-hydrogen) atoms. The minimum Gasteiger partial charge on any atom is -0.506 e. The summed E-state index contributed by atoms with van der Waals surface area (Å²) < 4.78 is 0. The van der Waals surface area contributed by atoms with Gasteiger partial charge in [-0.2, -0.15) is 0 Å². The summed E-state index contributed by atoms with van der Waals surface area (Å²) >= 11 is 0. The van der Waals surface area contributed by atoms with E-state index in [2.05, 4.69) is 15.6 Å². The number of hydrogen-bond acceptors (Lipinski definition) is 3. The van der Waals surface area contributed by atoms with Gasteiger partial charge in [-0.25, -0.2) is 9.78 Å². The topological polar surface area (TPSA) is 74.2 Å². The number of pyridine rings is 1. The smallest absolute Gasteiger partial charge is 0.324 e. The van der Waals surface area contributed by atoms with Crippen LogP contribution in [0.25, 0.3) is 0 Å². The fraction of sp³-hybridized carbons (Fsp3) is 0.0769. The van der Waals surface area contributed by atoms with Crippen LogP contribution in [0, 0.1) is 6.92 Å². The van der Waals surface area contributed by atoms with Crippen LogP contribution in [-0.4, -0.2) is 16.1 Å². The molecule has 0 spiro atoms. The van der Waals surface area contributed by atoms with Crippen molar-refractivity contribution in [3.8, 4) is 5.75 Å². The Morgan fingerprint density at radius 3 is 2.61 bits per heavy atom. The molecule has 0 aliphatic rings. The first-order valence-corrected chi connectivity index (χ1v) is 5.44. The molecule has 2 amide bonds. The predicted octanol–water partition coefficient (Wildman–Crippen LogP) is 2.74. The van der Waals surface area contributed by atoms with E-state index in [1.165, 1.54) is 6.07 Å². The Kier molecular flexibility index (Phi) is 3.43. The van der Waals surface area contributed by atoms with Crippen molar-refractivity contribution in [2.75, 3.05) is 10.6 Å². The van der Waals surface area contributed by atoms with Gasteiger partial charge >= 0.3 is 6.03 Å². The molecular weight excluding hydrogens is 230 g/mol. The number of benzene rings is 1. The maximum atomic E-state index is 11.6. The number of nitrogens with zero attached hydrogens (tertiary/aromatic N) is 1. The summed E-state index contributed by atoms with van der Waals surface area (Å²) in [6.07, 6.45) is 1.66. The molecule has 0 atom stereocenters. The Morgan fingerprint density at radius 2 is 1.94 bits per heavy atom. The highest BCUT2D eigenvalue weighted by Crippen LogP contribution is 2.21. The molecule has 0 saturated carbocycles. The van der Waals surface area contributed by atoms with Crippen LogP contribution in [-0.2, 0) is 0 Å². The SMILES string of the molecule is Cc1ccc(NC(=O)Nc2ccccc2O)nc1. The van der Waals surface area contributed by atoms with Gasteiger partial charge < -0.3 is 10.4 Å². The molecular formula is C13H13N3O2. The van der Waals surface area contributed by atoms with Crippen LogP contribution in [0.1, 0.15) is 5.56 Å². The zero-order valence-corrected chi connectivity index (χ0v) is 9.84. The number of nitrogens with one attached hydrogen (secondary N) is 2. The molecule has 0 fully saturated rings. The zero-order valence-electron chi connectivity index (χ0n) is 9.84. The van der Waals surface area contributed by atoms with E-state index in [9.17, 15) is 9.90 Å². The van der Waals surface area contributed by atoms with Crippen molar-refractivity contribution in [3.05, 3.63) is 48.2 Å². The Morgan fingerprint density at radius 1 is 1.17 bits per heavy atom. The molecule has 0 aliphatic heterocycles. The molecule has 0 radical (unpaired) electrons. The Labute approximate surface area is 104 Å². The first kappa shape index (κ1) is 11.9. The number of rotatable bonds is 2. The maximum Gasteiger partial charge on any atom is 0.324 e.